The summed E-state index contributed by atoms with van der Waals surface area (Å²) in [5, 5.41) is 4.97. The standard InChI is InChI=1S/C19H11ClF3N3OS/c20-13-2-1-3-14(10-13)24-17(27)15-16(26-8-9-28-18(26)25-15)11-4-6-12(7-5-11)19(21,22)23/h1-10H,(H,24,27). The molecular weight excluding hydrogens is 411 g/mol. The van der Waals surface area contributed by atoms with Crippen LogP contribution in [0.1, 0.15) is 16.1 Å². The lowest BCUT2D eigenvalue weighted by molar-refractivity contribution is -0.137. The first-order valence-electron chi connectivity index (χ1n) is 8.03. The highest BCUT2D eigenvalue weighted by molar-refractivity contribution is 7.15. The predicted octanol–water partition coefficient (Wildman–Crippen LogP) is 5.99. The molecule has 0 aliphatic carbocycles. The van der Waals surface area contributed by atoms with E-state index in [1.165, 1.54) is 23.5 Å². The maximum Gasteiger partial charge on any atom is 0.416 e. The van der Waals surface area contributed by atoms with Crippen molar-refractivity contribution in [3.05, 3.63) is 76.4 Å². The molecule has 0 saturated carbocycles. The summed E-state index contributed by atoms with van der Waals surface area (Å²) in [5.74, 6) is -0.479. The average Bonchev–Trinajstić information content (AvgIpc) is 3.22. The number of alkyl halides is 3. The Morgan fingerprint density at radius 1 is 1.14 bits per heavy atom. The van der Waals surface area contributed by atoms with Crippen molar-refractivity contribution in [2.24, 2.45) is 0 Å². The van der Waals surface area contributed by atoms with Gasteiger partial charge in [0.15, 0.2) is 10.7 Å². The number of carbonyl (C=O) groups is 1. The zero-order valence-electron chi connectivity index (χ0n) is 14.0. The number of hydrogen-bond acceptors (Lipinski definition) is 3. The molecule has 0 spiro atoms. The molecule has 0 atom stereocenters. The molecule has 1 N–H and O–H groups in total. The summed E-state index contributed by atoms with van der Waals surface area (Å²) in [5.41, 5.74) is 0.728. The van der Waals surface area contributed by atoms with Crippen LogP contribution in [0.25, 0.3) is 16.2 Å². The number of amides is 1. The molecule has 142 valence electrons. The van der Waals surface area contributed by atoms with Gasteiger partial charge in [0.1, 0.15) is 0 Å². The van der Waals surface area contributed by atoms with Crippen LogP contribution in [0.15, 0.2) is 60.1 Å². The van der Waals surface area contributed by atoms with Crippen molar-refractivity contribution in [3.63, 3.8) is 0 Å². The molecule has 0 unspecified atom stereocenters. The van der Waals surface area contributed by atoms with E-state index in [9.17, 15) is 18.0 Å². The molecule has 4 rings (SSSR count). The van der Waals surface area contributed by atoms with Gasteiger partial charge in [-0.15, -0.1) is 11.3 Å². The van der Waals surface area contributed by atoms with E-state index >= 15 is 0 Å². The van der Waals surface area contributed by atoms with E-state index in [2.05, 4.69) is 10.3 Å². The molecule has 0 saturated heterocycles. The quantitative estimate of drug-likeness (QED) is 0.442. The molecule has 28 heavy (non-hydrogen) atoms. The smallest absolute Gasteiger partial charge is 0.321 e. The Morgan fingerprint density at radius 2 is 1.89 bits per heavy atom. The molecule has 2 aromatic heterocycles. The Labute approximate surface area is 166 Å². The summed E-state index contributed by atoms with van der Waals surface area (Å²) in [7, 11) is 0. The SMILES string of the molecule is O=C(Nc1cccc(Cl)c1)c1nc2sccn2c1-c1ccc(C(F)(F)F)cc1. The van der Waals surface area contributed by atoms with E-state index in [0.29, 0.717) is 26.9 Å². The van der Waals surface area contributed by atoms with Crippen molar-refractivity contribution in [2.75, 3.05) is 5.32 Å². The van der Waals surface area contributed by atoms with E-state index < -0.39 is 17.6 Å². The fourth-order valence-corrected chi connectivity index (χ4v) is 3.70. The fraction of sp³-hybridized carbons (Fsp3) is 0.0526. The lowest BCUT2D eigenvalue weighted by Crippen LogP contribution is -2.14. The molecule has 2 heterocycles. The summed E-state index contributed by atoms with van der Waals surface area (Å²) < 4.78 is 40.3. The molecule has 2 aromatic carbocycles. The minimum atomic E-state index is -4.43. The number of rotatable bonds is 3. The Hall–Kier alpha value is -2.84. The third-order valence-electron chi connectivity index (χ3n) is 4.05. The number of benzene rings is 2. The number of hydrogen-bond donors (Lipinski definition) is 1. The summed E-state index contributed by atoms with van der Waals surface area (Å²) in [6.45, 7) is 0. The molecule has 0 aliphatic heterocycles. The second-order valence-electron chi connectivity index (χ2n) is 5.90. The monoisotopic (exact) mass is 421 g/mol. The molecule has 1 amide bonds. The van der Waals surface area contributed by atoms with Gasteiger partial charge in [-0.25, -0.2) is 4.98 Å². The average molecular weight is 422 g/mol. The van der Waals surface area contributed by atoms with Crippen molar-refractivity contribution >= 4 is 39.5 Å². The maximum atomic E-state index is 12.9. The Balaban J connectivity index is 1.76. The third-order valence-corrected chi connectivity index (χ3v) is 5.04. The van der Waals surface area contributed by atoms with Crippen LogP contribution in [0.4, 0.5) is 18.9 Å². The van der Waals surface area contributed by atoms with Gasteiger partial charge in [-0.1, -0.05) is 29.8 Å². The van der Waals surface area contributed by atoms with Gasteiger partial charge >= 0.3 is 6.18 Å². The van der Waals surface area contributed by atoms with Crippen LogP contribution in [0.5, 0.6) is 0 Å². The first-order chi connectivity index (χ1) is 13.3. The summed E-state index contributed by atoms with van der Waals surface area (Å²) in [4.78, 5) is 17.7. The zero-order chi connectivity index (χ0) is 19.9. The van der Waals surface area contributed by atoms with Crippen LogP contribution in [-0.2, 0) is 6.18 Å². The predicted molar refractivity (Wildman–Crippen MR) is 103 cm³/mol. The van der Waals surface area contributed by atoms with Crippen molar-refractivity contribution in [1.29, 1.82) is 0 Å². The second-order valence-corrected chi connectivity index (χ2v) is 7.21. The minimum absolute atomic E-state index is 0.117. The summed E-state index contributed by atoms with van der Waals surface area (Å²) in [6.07, 6.45) is -2.71. The second kappa shape index (κ2) is 6.96. The number of nitrogens with zero attached hydrogens (tertiary/aromatic N) is 2. The molecule has 0 aliphatic rings. The first kappa shape index (κ1) is 18.5. The number of nitrogens with one attached hydrogen (secondary N) is 1. The normalized spacial score (nSPS) is 11.7. The van der Waals surface area contributed by atoms with Crippen LogP contribution < -0.4 is 5.32 Å². The van der Waals surface area contributed by atoms with E-state index in [1.807, 2.05) is 0 Å². The van der Waals surface area contributed by atoms with Crippen molar-refractivity contribution in [1.82, 2.24) is 9.38 Å². The highest BCUT2D eigenvalue weighted by Crippen LogP contribution is 2.33. The van der Waals surface area contributed by atoms with Gasteiger partial charge in [0.05, 0.1) is 11.3 Å². The van der Waals surface area contributed by atoms with E-state index in [4.69, 9.17) is 11.6 Å². The summed E-state index contributed by atoms with van der Waals surface area (Å²) in [6, 6.07) is 11.3. The third kappa shape index (κ3) is 3.48. The van der Waals surface area contributed by atoms with E-state index in [0.717, 1.165) is 12.1 Å². The van der Waals surface area contributed by atoms with E-state index in [-0.39, 0.29) is 5.69 Å². The van der Waals surface area contributed by atoms with Crippen molar-refractivity contribution < 1.29 is 18.0 Å². The number of imidazole rings is 1. The Kier molecular flexibility index (Phi) is 4.60. The first-order valence-corrected chi connectivity index (χ1v) is 9.29. The van der Waals surface area contributed by atoms with Crippen LogP contribution in [0.2, 0.25) is 5.02 Å². The van der Waals surface area contributed by atoms with Gasteiger partial charge in [0.25, 0.3) is 5.91 Å². The van der Waals surface area contributed by atoms with Gasteiger partial charge in [-0.3, -0.25) is 9.20 Å². The van der Waals surface area contributed by atoms with Crippen LogP contribution >= 0.6 is 22.9 Å². The highest BCUT2D eigenvalue weighted by Gasteiger charge is 2.30. The fourth-order valence-electron chi connectivity index (χ4n) is 2.79. The van der Waals surface area contributed by atoms with E-state index in [1.54, 1.807) is 40.2 Å². The Morgan fingerprint density at radius 3 is 2.57 bits per heavy atom. The number of carbonyl (C=O) groups excluding carboxylic acids is 1. The maximum absolute atomic E-state index is 12.9. The van der Waals surface area contributed by atoms with Gasteiger partial charge in [-0.2, -0.15) is 13.2 Å². The highest BCUT2D eigenvalue weighted by atomic mass is 35.5. The number of halogens is 4. The zero-order valence-corrected chi connectivity index (χ0v) is 15.6. The lowest BCUT2D eigenvalue weighted by Gasteiger charge is -2.09. The van der Waals surface area contributed by atoms with Crippen molar-refractivity contribution in [2.45, 2.75) is 6.18 Å². The van der Waals surface area contributed by atoms with Gasteiger partial charge in [0, 0.05) is 27.9 Å². The van der Waals surface area contributed by atoms with Crippen LogP contribution in [-0.4, -0.2) is 15.3 Å². The topological polar surface area (TPSA) is 46.4 Å². The molecule has 0 fully saturated rings. The van der Waals surface area contributed by atoms with Crippen LogP contribution in [0.3, 0.4) is 0 Å². The van der Waals surface area contributed by atoms with Gasteiger partial charge < -0.3 is 5.32 Å². The molecular formula is C19H11ClF3N3OS. The minimum Gasteiger partial charge on any atom is -0.321 e. The molecule has 4 nitrogen and oxygen atoms in total. The van der Waals surface area contributed by atoms with Gasteiger partial charge in [-0.05, 0) is 30.3 Å². The number of thiazole rings is 1. The molecule has 9 heteroatoms. The van der Waals surface area contributed by atoms with Crippen molar-refractivity contribution in [3.8, 4) is 11.3 Å². The number of anilines is 1. The molecule has 0 bridgehead atoms. The number of fused-ring (bicyclic) bond motifs is 1. The largest absolute Gasteiger partial charge is 0.416 e. The summed E-state index contributed by atoms with van der Waals surface area (Å²) >= 11 is 7.26. The lowest BCUT2D eigenvalue weighted by atomic mass is 10.1. The molecule has 4 aromatic rings. The van der Waals surface area contributed by atoms with Gasteiger partial charge in [0.2, 0.25) is 0 Å². The number of aromatic nitrogens is 2. The van der Waals surface area contributed by atoms with Crippen LogP contribution in [0, 0.1) is 0 Å². The molecule has 0 radical (unpaired) electrons. The Bertz CT molecular complexity index is 1170.